The lowest BCUT2D eigenvalue weighted by molar-refractivity contribution is -0.136. The van der Waals surface area contributed by atoms with Crippen LogP contribution in [-0.4, -0.2) is 10.6 Å². The summed E-state index contributed by atoms with van der Waals surface area (Å²) < 4.78 is 4.74. The fourth-order valence-electron chi connectivity index (χ4n) is 0.142. The largest absolute Gasteiger partial charge is 0.450 e. The van der Waals surface area contributed by atoms with Gasteiger partial charge in [0.25, 0.3) is 0 Å². The molecule has 0 spiro atoms. The van der Waals surface area contributed by atoms with Crippen molar-refractivity contribution in [2.75, 3.05) is 4.61 Å². The second-order valence-electron chi connectivity index (χ2n) is 1.07. The summed E-state index contributed by atoms with van der Waals surface area (Å²) in [5.41, 5.74) is 4.90. The average Bonchev–Trinajstić information content (AvgIpc) is 1.67. The van der Waals surface area contributed by atoms with Gasteiger partial charge >= 0.3 is 5.97 Å². The molecule has 3 nitrogen and oxygen atoms in total. The topological polar surface area (TPSA) is 52.3 Å². The van der Waals surface area contributed by atoms with Gasteiger partial charge < -0.3 is 10.5 Å². The molecule has 0 radical (unpaired) electrons. The van der Waals surface area contributed by atoms with Crippen LogP contribution in [-0.2, 0) is 9.53 Å². The maximum atomic E-state index is 10.3. The number of ether oxygens (including phenoxy) is 1. The quantitative estimate of drug-likeness (QED) is 0.321. The Morgan fingerprint density at radius 2 is 2.38 bits per heavy atom. The zero-order valence-electron chi connectivity index (χ0n) is 4.19. The summed E-state index contributed by atoms with van der Waals surface area (Å²) in [6.07, 6.45) is 0. The van der Waals surface area contributed by atoms with E-state index in [0.29, 0.717) is 4.61 Å². The molecule has 0 bridgehead atoms. The molecule has 0 fully saturated rings. The van der Waals surface area contributed by atoms with E-state index >= 15 is 0 Å². The molecule has 0 atom stereocenters. The molecular weight excluding hydrogens is 221 g/mol. The fourth-order valence-corrected chi connectivity index (χ4v) is 0.425. The minimum atomic E-state index is -0.542. The van der Waals surface area contributed by atoms with Crippen molar-refractivity contribution in [2.45, 2.75) is 0 Å². The fraction of sp³-hybridized carbons (Fsp3) is 0.250. The Labute approximate surface area is 61.0 Å². The molecule has 0 saturated heterocycles. The Bertz CT molecular complexity index is 113. The molecule has 0 aliphatic carbocycles. The average molecular weight is 227 g/mol. The van der Waals surface area contributed by atoms with Crippen molar-refractivity contribution in [2.24, 2.45) is 5.73 Å². The lowest BCUT2D eigenvalue weighted by atomic mass is 10.5. The minimum Gasteiger partial charge on any atom is -0.450 e. The highest BCUT2D eigenvalue weighted by atomic mass is 127. The van der Waals surface area contributed by atoms with E-state index < -0.39 is 5.97 Å². The van der Waals surface area contributed by atoms with Crippen molar-refractivity contribution < 1.29 is 9.53 Å². The summed E-state index contributed by atoms with van der Waals surface area (Å²) in [5, 5.41) is 0. The van der Waals surface area contributed by atoms with Gasteiger partial charge in [-0.1, -0.05) is 6.58 Å². The van der Waals surface area contributed by atoms with Crippen LogP contribution in [0.4, 0.5) is 0 Å². The molecule has 4 heteroatoms. The Morgan fingerprint density at radius 3 is 2.50 bits per heavy atom. The number of hydrogen-bond acceptors (Lipinski definition) is 3. The van der Waals surface area contributed by atoms with Crippen molar-refractivity contribution in [1.82, 2.24) is 0 Å². The van der Waals surface area contributed by atoms with E-state index in [9.17, 15) is 4.79 Å². The van der Waals surface area contributed by atoms with Crippen LogP contribution in [0.2, 0.25) is 0 Å². The van der Waals surface area contributed by atoms with Crippen LogP contribution < -0.4 is 5.73 Å². The van der Waals surface area contributed by atoms with Gasteiger partial charge in [-0.3, -0.25) is 0 Å². The molecule has 0 unspecified atom stereocenters. The molecule has 8 heavy (non-hydrogen) atoms. The predicted octanol–water partition coefficient (Wildman–Crippen LogP) is 0.395. The lowest BCUT2D eigenvalue weighted by Gasteiger charge is -1.95. The van der Waals surface area contributed by atoms with Gasteiger partial charge in [0, 0.05) is 0 Å². The van der Waals surface area contributed by atoms with Gasteiger partial charge in [-0.25, -0.2) is 4.79 Å². The summed E-state index contributed by atoms with van der Waals surface area (Å²) in [6, 6.07) is 0. The number of alkyl halides is 1. The monoisotopic (exact) mass is 227 g/mol. The molecule has 2 N–H and O–H groups in total. The van der Waals surface area contributed by atoms with Gasteiger partial charge in [0.05, 0.1) is 0 Å². The van der Waals surface area contributed by atoms with Crippen molar-refractivity contribution >= 4 is 28.6 Å². The highest BCUT2D eigenvalue weighted by Crippen LogP contribution is 1.88. The SMILES string of the molecule is C=C(N)C(=O)OCI. The Balaban J connectivity index is 3.49. The van der Waals surface area contributed by atoms with Gasteiger partial charge in [0.2, 0.25) is 0 Å². The number of rotatable bonds is 2. The molecule has 0 aromatic carbocycles. The van der Waals surface area contributed by atoms with Crippen LogP contribution in [0.25, 0.3) is 0 Å². The summed E-state index contributed by atoms with van der Waals surface area (Å²) in [6.45, 7) is 3.17. The molecule has 0 amide bonds. The first-order chi connectivity index (χ1) is 3.68. The molecule has 0 rings (SSSR count). The van der Waals surface area contributed by atoms with E-state index in [0.717, 1.165) is 0 Å². The van der Waals surface area contributed by atoms with Gasteiger partial charge in [-0.2, -0.15) is 0 Å². The molecule has 0 aromatic rings. The molecule has 0 aromatic heterocycles. The van der Waals surface area contributed by atoms with E-state index in [1.807, 2.05) is 22.6 Å². The Hall–Kier alpha value is -0.260. The smallest absolute Gasteiger partial charge is 0.354 e. The number of carbonyl (C=O) groups excluding carboxylic acids is 1. The first-order valence-corrected chi connectivity index (χ1v) is 3.38. The summed E-state index contributed by atoms with van der Waals surface area (Å²) in [4.78, 5) is 10.3. The molecular formula is C4H6INO2. The summed E-state index contributed by atoms with van der Waals surface area (Å²) in [7, 11) is 0. The van der Waals surface area contributed by atoms with E-state index in [1.165, 1.54) is 0 Å². The van der Waals surface area contributed by atoms with Crippen molar-refractivity contribution in [3.05, 3.63) is 12.3 Å². The van der Waals surface area contributed by atoms with Crippen LogP contribution in [0.3, 0.4) is 0 Å². The minimum absolute atomic E-state index is 0.0540. The molecule has 0 saturated carbocycles. The van der Waals surface area contributed by atoms with Crippen molar-refractivity contribution in [1.29, 1.82) is 0 Å². The van der Waals surface area contributed by atoms with Gasteiger partial charge in [-0.05, 0) is 22.6 Å². The molecule has 46 valence electrons. The highest BCUT2D eigenvalue weighted by Gasteiger charge is 1.99. The second-order valence-corrected chi connectivity index (χ2v) is 1.69. The third-order valence-electron chi connectivity index (χ3n) is 0.448. The summed E-state index contributed by atoms with van der Waals surface area (Å²) in [5.74, 6) is -0.542. The van der Waals surface area contributed by atoms with E-state index in [-0.39, 0.29) is 5.70 Å². The molecule has 0 aliphatic heterocycles. The van der Waals surface area contributed by atoms with Crippen LogP contribution in [0.5, 0.6) is 0 Å². The third-order valence-corrected chi connectivity index (χ3v) is 0.759. The maximum Gasteiger partial charge on any atom is 0.354 e. The first-order valence-electron chi connectivity index (χ1n) is 1.86. The third kappa shape index (κ3) is 2.84. The normalized spacial score (nSPS) is 8.12. The predicted molar refractivity (Wildman–Crippen MR) is 38.3 cm³/mol. The zero-order chi connectivity index (χ0) is 6.57. The van der Waals surface area contributed by atoms with Crippen LogP contribution in [0, 0.1) is 0 Å². The standard InChI is InChI=1S/C4H6INO2/c1-3(6)4(7)8-2-5/h1-2,6H2. The van der Waals surface area contributed by atoms with Crippen LogP contribution in [0.15, 0.2) is 12.3 Å². The van der Waals surface area contributed by atoms with Crippen molar-refractivity contribution in [3.63, 3.8) is 0 Å². The number of hydrogen-bond donors (Lipinski definition) is 1. The molecule has 0 aliphatic rings. The van der Waals surface area contributed by atoms with E-state index in [2.05, 4.69) is 11.3 Å². The van der Waals surface area contributed by atoms with Crippen LogP contribution >= 0.6 is 22.6 Å². The van der Waals surface area contributed by atoms with Gasteiger partial charge in [-0.15, -0.1) is 0 Å². The number of carbonyl (C=O) groups is 1. The zero-order valence-corrected chi connectivity index (χ0v) is 6.34. The van der Waals surface area contributed by atoms with E-state index in [1.54, 1.807) is 0 Å². The van der Waals surface area contributed by atoms with E-state index in [4.69, 9.17) is 5.73 Å². The summed E-state index contributed by atoms with van der Waals surface area (Å²) >= 11 is 1.90. The lowest BCUT2D eigenvalue weighted by Crippen LogP contribution is -2.12. The number of esters is 1. The second kappa shape index (κ2) is 3.71. The number of nitrogens with two attached hydrogens (primary N) is 1. The Kier molecular flexibility index (Phi) is 3.59. The van der Waals surface area contributed by atoms with Crippen LogP contribution in [0.1, 0.15) is 0 Å². The molecule has 0 heterocycles. The van der Waals surface area contributed by atoms with Gasteiger partial charge in [0.1, 0.15) is 10.3 Å². The van der Waals surface area contributed by atoms with Crippen molar-refractivity contribution in [3.8, 4) is 0 Å². The number of halogens is 1. The maximum absolute atomic E-state index is 10.3. The van der Waals surface area contributed by atoms with Gasteiger partial charge in [0.15, 0.2) is 0 Å². The Morgan fingerprint density at radius 1 is 1.88 bits per heavy atom. The first kappa shape index (κ1) is 7.74. The highest BCUT2D eigenvalue weighted by molar-refractivity contribution is 14.1.